The highest BCUT2D eigenvalue weighted by molar-refractivity contribution is 5.86. The highest BCUT2D eigenvalue weighted by atomic mass is 35.5. The summed E-state index contributed by atoms with van der Waals surface area (Å²) in [5, 5.41) is 3.55. The molecule has 1 aliphatic rings. The van der Waals surface area contributed by atoms with Crippen molar-refractivity contribution in [3.63, 3.8) is 0 Å². The van der Waals surface area contributed by atoms with Crippen LogP contribution in [0.1, 0.15) is 24.5 Å². The van der Waals surface area contributed by atoms with Gasteiger partial charge < -0.3 is 14.8 Å². The summed E-state index contributed by atoms with van der Waals surface area (Å²) in [6.45, 7) is 13.5. The van der Waals surface area contributed by atoms with Crippen molar-refractivity contribution < 1.29 is 0 Å². The number of rotatable bonds is 8. The van der Waals surface area contributed by atoms with Crippen LogP contribution < -0.4 is 10.2 Å². The molecule has 1 fully saturated rings. The Hall–Kier alpha value is -3.16. The zero-order chi connectivity index (χ0) is 24.2. The van der Waals surface area contributed by atoms with E-state index in [-0.39, 0.29) is 12.4 Å². The molecule has 1 aliphatic heterocycles. The van der Waals surface area contributed by atoms with Crippen LogP contribution in [-0.2, 0) is 6.54 Å². The first-order valence-electron chi connectivity index (χ1n) is 12.7. The first-order chi connectivity index (χ1) is 17.2. The highest BCUT2D eigenvalue weighted by Gasteiger charge is 2.20. The fraction of sp³-hybridized carbons (Fsp3) is 0.393. The number of benzene rings is 2. The third-order valence-electron chi connectivity index (χ3n) is 7.02. The third kappa shape index (κ3) is 5.32. The molecule has 2 aromatic carbocycles. The van der Waals surface area contributed by atoms with Gasteiger partial charge in [-0.05, 0) is 37.5 Å². The molecular weight excluding hydrogens is 470 g/mol. The number of nitrogens with zero attached hydrogens (tertiary/aromatic N) is 6. The third-order valence-corrected chi connectivity index (χ3v) is 7.02. The van der Waals surface area contributed by atoms with Gasteiger partial charge in [0, 0.05) is 57.1 Å². The van der Waals surface area contributed by atoms with Crippen LogP contribution >= 0.6 is 12.4 Å². The minimum Gasteiger partial charge on any atom is -0.369 e. The molecule has 0 aliphatic carbocycles. The van der Waals surface area contributed by atoms with E-state index in [4.69, 9.17) is 4.98 Å². The number of nitrogens with one attached hydrogen (secondary N) is 1. The van der Waals surface area contributed by atoms with E-state index in [1.54, 1.807) is 6.33 Å². The van der Waals surface area contributed by atoms with Crippen molar-refractivity contribution in [2.45, 2.75) is 33.7 Å². The normalized spacial score (nSPS) is 14.1. The maximum absolute atomic E-state index is 4.98. The van der Waals surface area contributed by atoms with E-state index in [0.717, 1.165) is 80.6 Å². The van der Waals surface area contributed by atoms with Crippen LogP contribution in [0.2, 0.25) is 0 Å². The maximum atomic E-state index is 4.98. The Morgan fingerprint density at radius 2 is 1.67 bits per heavy atom. The van der Waals surface area contributed by atoms with Crippen molar-refractivity contribution >= 4 is 35.1 Å². The summed E-state index contributed by atoms with van der Waals surface area (Å²) in [6.07, 6.45) is 2.67. The number of piperazine rings is 1. The summed E-state index contributed by atoms with van der Waals surface area (Å²) >= 11 is 0. The van der Waals surface area contributed by atoms with Gasteiger partial charge in [0.05, 0.1) is 0 Å². The van der Waals surface area contributed by atoms with Gasteiger partial charge in [-0.1, -0.05) is 49.4 Å². The van der Waals surface area contributed by atoms with E-state index >= 15 is 0 Å². The first kappa shape index (κ1) is 25.9. The molecule has 5 rings (SSSR count). The molecule has 0 amide bonds. The second-order valence-electron chi connectivity index (χ2n) is 9.32. The van der Waals surface area contributed by atoms with Gasteiger partial charge in [0.2, 0.25) is 0 Å². The van der Waals surface area contributed by atoms with E-state index in [9.17, 15) is 0 Å². The Morgan fingerprint density at radius 3 is 2.42 bits per heavy atom. The van der Waals surface area contributed by atoms with Gasteiger partial charge in [-0.2, -0.15) is 0 Å². The summed E-state index contributed by atoms with van der Waals surface area (Å²) in [7, 11) is 0. The van der Waals surface area contributed by atoms with Gasteiger partial charge in [-0.25, -0.2) is 15.0 Å². The summed E-state index contributed by atoms with van der Waals surface area (Å²) in [4.78, 5) is 19.2. The molecule has 0 bridgehead atoms. The maximum Gasteiger partial charge on any atom is 0.165 e. The molecule has 0 unspecified atom stereocenters. The molecule has 1 saturated heterocycles. The number of hydrogen-bond donors (Lipinski definition) is 1. The minimum atomic E-state index is 0. The van der Waals surface area contributed by atoms with Gasteiger partial charge in [-0.3, -0.25) is 4.90 Å². The number of aromatic nitrogens is 4. The largest absolute Gasteiger partial charge is 0.369 e. The second kappa shape index (κ2) is 11.7. The van der Waals surface area contributed by atoms with E-state index in [1.165, 1.54) is 16.8 Å². The number of hydrogen-bond acceptors (Lipinski definition) is 6. The average Bonchev–Trinajstić information content (AvgIpc) is 3.26. The standard InChI is InChI=1S/C28H35N7.ClH/c1-4-14-35-27(23-10-6-5-7-11-23)32-25-26(30-20-31-28(25)35)29-13-15-33-16-18-34(19-17-33)24-12-8-9-21(2)22(24)3;/h5-12,20H,4,13-19H2,1-3H3,(H,29,30,31);1H. The lowest BCUT2D eigenvalue weighted by atomic mass is 10.1. The summed E-state index contributed by atoms with van der Waals surface area (Å²) in [5.74, 6) is 1.77. The van der Waals surface area contributed by atoms with Crippen LogP contribution in [0.15, 0.2) is 54.9 Å². The SMILES string of the molecule is CCCn1c(-c2ccccc2)nc2c(NCCN3CCN(c4cccc(C)c4C)CC3)ncnc21.Cl. The molecule has 7 nitrogen and oxygen atoms in total. The van der Waals surface area contributed by atoms with Gasteiger partial charge in [0.25, 0.3) is 0 Å². The van der Waals surface area contributed by atoms with Gasteiger partial charge in [0.1, 0.15) is 12.2 Å². The van der Waals surface area contributed by atoms with Crippen LogP contribution in [0.25, 0.3) is 22.6 Å². The fourth-order valence-corrected chi connectivity index (χ4v) is 4.93. The fourth-order valence-electron chi connectivity index (χ4n) is 4.93. The molecule has 190 valence electrons. The minimum absolute atomic E-state index is 0. The molecule has 0 spiro atoms. The molecule has 36 heavy (non-hydrogen) atoms. The average molecular weight is 506 g/mol. The lowest BCUT2D eigenvalue weighted by Gasteiger charge is -2.37. The van der Waals surface area contributed by atoms with Gasteiger partial charge in [0.15, 0.2) is 17.0 Å². The second-order valence-corrected chi connectivity index (χ2v) is 9.32. The topological polar surface area (TPSA) is 62.1 Å². The predicted octanol–water partition coefficient (Wildman–Crippen LogP) is 5.18. The number of fused-ring (bicyclic) bond motifs is 1. The molecule has 0 saturated carbocycles. The van der Waals surface area contributed by atoms with E-state index in [0.29, 0.717) is 0 Å². The van der Waals surface area contributed by atoms with Gasteiger partial charge >= 0.3 is 0 Å². The molecular formula is C28H36ClN7. The Morgan fingerprint density at radius 1 is 0.889 bits per heavy atom. The molecule has 4 aromatic rings. The van der Waals surface area contributed by atoms with Crippen molar-refractivity contribution in [3.8, 4) is 11.4 Å². The zero-order valence-electron chi connectivity index (χ0n) is 21.4. The monoisotopic (exact) mass is 505 g/mol. The van der Waals surface area contributed by atoms with Crippen molar-refractivity contribution in [2.75, 3.05) is 49.5 Å². The first-order valence-corrected chi connectivity index (χ1v) is 12.7. The van der Waals surface area contributed by atoms with Gasteiger partial charge in [-0.15, -0.1) is 12.4 Å². The van der Waals surface area contributed by atoms with E-state index in [1.807, 2.05) is 6.07 Å². The highest BCUT2D eigenvalue weighted by Crippen LogP contribution is 2.27. The zero-order valence-corrected chi connectivity index (χ0v) is 22.3. The molecule has 0 atom stereocenters. The molecule has 2 aromatic heterocycles. The number of imidazole rings is 1. The lowest BCUT2D eigenvalue weighted by Crippen LogP contribution is -2.47. The Balaban J connectivity index is 0.00000304. The van der Waals surface area contributed by atoms with Crippen molar-refractivity contribution in [2.24, 2.45) is 0 Å². The molecule has 0 radical (unpaired) electrons. The van der Waals surface area contributed by atoms with E-state index < -0.39 is 0 Å². The summed E-state index contributed by atoms with van der Waals surface area (Å²) < 4.78 is 2.21. The molecule has 1 N–H and O–H groups in total. The predicted molar refractivity (Wildman–Crippen MR) is 151 cm³/mol. The van der Waals surface area contributed by atoms with Crippen LogP contribution in [-0.4, -0.2) is 63.7 Å². The van der Waals surface area contributed by atoms with Crippen molar-refractivity contribution in [1.82, 2.24) is 24.4 Å². The smallest absolute Gasteiger partial charge is 0.165 e. The quantitative estimate of drug-likeness (QED) is 0.356. The van der Waals surface area contributed by atoms with Crippen LogP contribution in [0.5, 0.6) is 0 Å². The lowest BCUT2D eigenvalue weighted by molar-refractivity contribution is 0.267. The number of anilines is 2. The Labute approximate surface area is 220 Å². The molecule has 8 heteroatoms. The van der Waals surface area contributed by atoms with Crippen LogP contribution in [0.4, 0.5) is 11.5 Å². The van der Waals surface area contributed by atoms with Crippen molar-refractivity contribution in [1.29, 1.82) is 0 Å². The van der Waals surface area contributed by atoms with Crippen molar-refractivity contribution in [3.05, 3.63) is 66.0 Å². The number of aryl methyl sites for hydroxylation is 2. The summed E-state index contributed by atoms with van der Waals surface area (Å²) in [6, 6.07) is 17.0. The molecule has 3 heterocycles. The summed E-state index contributed by atoms with van der Waals surface area (Å²) in [5.41, 5.74) is 6.98. The Bertz CT molecular complexity index is 1280. The van der Waals surface area contributed by atoms with Crippen LogP contribution in [0, 0.1) is 13.8 Å². The van der Waals surface area contributed by atoms with E-state index in [2.05, 4.69) is 92.9 Å². The van der Waals surface area contributed by atoms with Crippen LogP contribution in [0.3, 0.4) is 0 Å². The Kier molecular flexibility index (Phi) is 8.44. The number of halogens is 1.